The Balaban J connectivity index is 2.39. The topological polar surface area (TPSA) is 72.0 Å². The molecule has 4 nitrogen and oxygen atoms in total. The van der Waals surface area contributed by atoms with Crippen LogP contribution in [-0.2, 0) is 0 Å². The van der Waals surface area contributed by atoms with Crippen molar-refractivity contribution >= 4 is 17.4 Å². The number of aryl methyl sites for hydroxylation is 2. The van der Waals surface area contributed by atoms with Gasteiger partial charge < -0.3 is 10.5 Å². The first-order valence-corrected chi connectivity index (χ1v) is 6.11. The molecule has 5 heteroatoms. The molecule has 1 aromatic carbocycles. The van der Waals surface area contributed by atoms with E-state index >= 15 is 0 Å². The average molecular weight is 276 g/mol. The normalized spacial score (nSPS) is 10.3. The second-order valence-electron chi connectivity index (χ2n) is 4.24. The highest BCUT2D eigenvalue weighted by atomic mass is 35.5. The molecule has 0 unspecified atom stereocenters. The smallest absolute Gasteiger partial charge is 0.230 e. The summed E-state index contributed by atoms with van der Waals surface area (Å²) in [7, 11) is 0. The van der Waals surface area contributed by atoms with Gasteiger partial charge in [-0.15, -0.1) is 0 Å². The van der Waals surface area contributed by atoms with Crippen molar-refractivity contribution < 1.29 is 4.74 Å². The van der Waals surface area contributed by atoms with Crippen LogP contribution in [0.4, 0.5) is 0 Å². The first-order valence-electron chi connectivity index (χ1n) is 5.73. The molecule has 0 bridgehead atoms. The Hall–Kier alpha value is -2.07. The summed E-state index contributed by atoms with van der Waals surface area (Å²) in [6.45, 7) is 3.82. The molecule has 0 amide bonds. The summed E-state index contributed by atoms with van der Waals surface area (Å²) in [5, 5.41) is 8.22. The van der Waals surface area contributed by atoms with Crippen LogP contribution >= 0.6 is 11.6 Å². The van der Waals surface area contributed by atoms with Crippen molar-refractivity contribution in [3.8, 4) is 11.6 Å². The minimum absolute atomic E-state index is 0.0782. The fraction of sp³-hybridized carbons (Fsp3) is 0.143. The summed E-state index contributed by atoms with van der Waals surface area (Å²) in [6, 6.07) is 7.06. The lowest BCUT2D eigenvalue weighted by atomic mass is 10.1. The Kier molecular flexibility index (Phi) is 3.71. The van der Waals surface area contributed by atoms with Gasteiger partial charge in [0.25, 0.3) is 0 Å². The highest BCUT2D eigenvalue weighted by Crippen LogP contribution is 2.29. The summed E-state index contributed by atoms with van der Waals surface area (Å²) in [5.41, 5.74) is 7.82. The van der Waals surface area contributed by atoms with Gasteiger partial charge >= 0.3 is 0 Å². The molecule has 19 heavy (non-hydrogen) atoms. The Bertz CT molecular complexity index is 617. The van der Waals surface area contributed by atoms with Crippen LogP contribution < -0.4 is 10.5 Å². The molecule has 0 fully saturated rings. The van der Waals surface area contributed by atoms with Gasteiger partial charge in [-0.2, -0.15) is 0 Å². The van der Waals surface area contributed by atoms with Crippen LogP contribution in [0.2, 0.25) is 5.02 Å². The second-order valence-corrected chi connectivity index (χ2v) is 4.62. The third kappa shape index (κ3) is 2.85. The average Bonchev–Trinajstić information content (AvgIpc) is 2.36. The fourth-order valence-electron chi connectivity index (χ4n) is 1.75. The summed E-state index contributed by atoms with van der Waals surface area (Å²) in [4.78, 5) is 4.10. The standard InChI is InChI=1S/C14H14ClN3O/c1-8-6-10(7-9(2)12(8)15)19-14-11(13(16)17)4-3-5-18-14/h3-7H,1-2H3,(H3,16,17). The Labute approximate surface area is 116 Å². The number of hydrogen-bond donors (Lipinski definition) is 2. The molecule has 0 saturated carbocycles. The number of hydrogen-bond acceptors (Lipinski definition) is 3. The molecular formula is C14H14ClN3O. The van der Waals surface area contributed by atoms with Crippen molar-refractivity contribution in [1.82, 2.24) is 4.98 Å². The number of amidine groups is 1. The van der Waals surface area contributed by atoms with E-state index in [2.05, 4.69) is 4.98 Å². The summed E-state index contributed by atoms with van der Waals surface area (Å²) < 4.78 is 5.70. The van der Waals surface area contributed by atoms with Crippen molar-refractivity contribution in [3.63, 3.8) is 0 Å². The van der Waals surface area contributed by atoms with Crippen LogP contribution in [0.15, 0.2) is 30.5 Å². The van der Waals surface area contributed by atoms with Gasteiger partial charge in [0.1, 0.15) is 11.6 Å². The third-order valence-corrected chi connectivity index (χ3v) is 3.28. The Morgan fingerprint density at radius 2 is 1.95 bits per heavy atom. The molecule has 2 aromatic rings. The summed E-state index contributed by atoms with van der Waals surface area (Å²) >= 11 is 6.11. The number of nitrogens with one attached hydrogen (secondary N) is 1. The lowest BCUT2D eigenvalue weighted by Crippen LogP contribution is -2.12. The lowest BCUT2D eigenvalue weighted by Gasteiger charge is -2.11. The molecule has 0 aliphatic heterocycles. The number of benzene rings is 1. The van der Waals surface area contributed by atoms with Crippen molar-refractivity contribution in [1.29, 1.82) is 5.41 Å². The predicted molar refractivity (Wildman–Crippen MR) is 76.3 cm³/mol. The van der Waals surface area contributed by atoms with Crippen molar-refractivity contribution in [3.05, 3.63) is 52.2 Å². The Morgan fingerprint density at radius 3 is 2.53 bits per heavy atom. The van der Waals surface area contributed by atoms with E-state index in [-0.39, 0.29) is 5.84 Å². The lowest BCUT2D eigenvalue weighted by molar-refractivity contribution is 0.461. The number of halogens is 1. The maximum atomic E-state index is 7.50. The molecule has 0 radical (unpaired) electrons. The van der Waals surface area contributed by atoms with Crippen molar-refractivity contribution in [2.45, 2.75) is 13.8 Å². The number of nitrogens with zero attached hydrogens (tertiary/aromatic N) is 1. The zero-order chi connectivity index (χ0) is 14.0. The molecular weight excluding hydrogens is 262 g/mol. The number of aromatic nitrogens is 1. The number of nitrogens with two attached hydrogens (primary N) is 1. The molecule has 0 aliphatic carbocycles. The van der Waals surface area contributed by atoms with Gasteiger partial charge in [0.05, 0.1) is 5.56 Å². The number of pyridine rings is 1. The van der Waals surface area contributed by atoms with Gasteiger partial charge in [0.2, 0.25) is 5.88 Å². The highest BCUT2D eigenvalue weighted by molar-refractivity contribution is 6.32. The van der Waals surface area contributed by atoms with Gasteiger partial charge in [0.15, 0.2) is 0 Å². The van der Waals surface area contributed by atoms with E-state index in [0.717, 1.165) is 16.1 Å². The third-order valence-electron chi connectivity index (χ3n) is 2.69. The SMILES string of the molecule is Cc1cc(Oc2ncccc2C(=N)N)cc(C)c1Cl. The van der Waals surface area contributed by atoms with E-state index in [0.29, 0.717) is 17.2 Å². The van der Waals surface area contributed by atoms with Crippen LogP contribution in [0.25, 0.3) is 0 Å². The van der Waals surface area contributed by atoms with Crippen LogP contribution in [0.1, 0.15) is 16.7 Å². The van der Waals surface area contributed by atoms with Crippen molar-refractivity contribution in [2.75, 3.05) is 0 Å². The molecule has 0 aliphatic rings. The van der Waals surface area contributed by atoms with Gasteiger partial charge in [0, 0.05) is 11.2 Å². The zero-order valence-corrected chi connectivity index (χ0v) is 11.5. The first kappa shape index (κ1) is 13.4. The van der Waals surface area contributed by atoms with Crippen LogP contribution in [0.5, 0.6) is 11.6 Å². The van der Waals surface area contributed by atoms with Crippen LogP contribution in [-0.4, -0.2) is 10.8 Å². The zero-order valence-electron chi connectivity index (χ0n) is 10.7. The number of rotatable bonds is 3. The van der Waals surface area contributed by atoms with Crippen LogP contribution in [0, 0.1) is 19.3 Å². The van der Waals surface area contributed by atoms with Crippen LogP contribution in [0.3, 0.4) is 0 Å². The van der Waals surface area contributed by atoms with Crippen molar-refractivity contribution in [2.24, 2.45) is 5.73 Å². The molecule has 0 spiro atoms. The van der Waals surface area contributed by atoms with Gasteiger partial charge in [-0.1, -0.05) is 11.6 Å². The molecule has 1 aromatic heterocycles. The van der Waals surface area contributed by atoms with E-state index in [1.807, 2.05) is 26.0 Å². The summed E-state index contributed by atoms with van der Waals surface area (Å²) in [6.07, 6.45) is 1.59. The van der Waals surface area contributed by atoms with Gasteiger partial charge in [-0.25, -0.2) is 4.98 Å². The fourth-order valence-corrected chi connectivity index (χ4v) is 1.86. The quantitative estimate of drug-likeness (QED) is 0.666. The minimum atomic E-state index is -0.0782. The summed E-state index contributed by atoms with van der Waals surface area (Å²) in [5.74, 6) is 0.863. The maximum absolute atomic E-state index is 7.50. The molecule has 2 rings (SSSR count). The molecule has 98 valence electrons. The van der Waals surface area contributed by atoms with E-state index in [1.54, 1.807) is 18.3 Å². The second kappa shape index (κ2) is 5.28. The van der Waals surface area contributed by atoms with E-state index in [9.17, 15) is 0 Å². The van der Waals surface area contributed by atoms with E-state index in [1.165, 1.54) is 0 Å². The Morgan fingerprint density at radius 1 is 1.32 bits per heavy atom. The molecule has 0 atom stereocenters. The van der Waals surface area contributed by atoms with E-state index < -0.39 is 0 Å². The van der Waals surface area contributed by atoms with E-state index in [4.69, 9.17) is 27.5 Å². The largest absolute Gasteiger partial charge is 0.438 e. The van der Waals surface area contributed by atoms with Gasteiger partial charge in [-0.05, 0) is 49.2 Å². The first-order chi connectivity index (χ1) is 8.99. The molecule has 3 N–H and O–H groups in total. The minimum Gasteiger partial charge on any atom is -0.438 e. The number of nitrogen functional groups attached to an aromatic ring is 1. The molecule has 0 saturated heterocycles. The van der Waals surface area contributed by atoms with Gasteiger partial charge in [-0.3, -0.25) is 5.41 Å². The maximum Gasteiger partial charge on any atom is 0.230 e. The highest BCUT2D eigenvalue weighted by Gasteiger charge is 2.10. The predicted octanol–water partition coefficient (Wildman–Crippen LogP) is 3.43. The number of ether oxygens (including phenoxy) is 1. The molecule has 1 heterocycles. The monoisotopic (exact) mass is 275 g/mol.